The minimum absolute atomic E-state index is 0.0417. The van der Waals surface area contributed by atoms with Gasteiger partial charge in [-0.15, -0.1) is 0 Å². The van der Waals surface area contributed by atoms with Crippen LogP contribution in [0.3, 0.4) is 0 Å². The Hall–Kier alpha value is -2.73. The summed E-state index contributed by atoms with van der Waals surface area (Å²) < 4.78 is 18.9. The monoisotopic (exact) mass is 319 g/mol. The van der Waals surface area contributed by atoms with Gasteiger partial charge in [0.2, 0.25) is 0 Å². The number of halogens is 1. The highest BCUT2D eigenvalue weighted by Crippen LogP contribution is 2.25. The van der Waals surface area contributed by atoms with Crippen molar-refractivity contribution in [1.29, 1.82) is 0 Å². The van der Waals surface area contributed by atoms with Crippen LogP contribution in [0.25, 0.3) is 0 Å². The number of nitrogens with one attached hydrogen (secondary N) is 1. The maximum Gasteiger partial charge on any atom is 0.317 e. The number of aliphatic carboxylic acids is 1. The van der Waals surface area contributed by atoms with E-state index in [4.69, 9.17) is 9.84 Å². The molecule has 0 aliphatic heterocycles. The Balaban J connectivity index is 0.000000379. The van der Waals surface area contributed by atoms with Gasteiger partial charge in [0.25, 0.3) is 0 Å². The van der Waals surface area contributed by atoms with Gasteiger partial charge in [0.1, 0.15) is 12.0 Å². The molecule has 2 aromatic rings. The molecular formula is C17H18FNO4. The number of hydrogen-bond acceptors (Lipinski definition) is 4. The molecule has 0 aromatic heterocycles. The molecule has 23 heavy (non-hydrogen) atoms. The third kappa shape index (κ3) is 6.71. The van der Waals surface area contributed by atoms with Gasteiger partial charge in [-0.3, -0.25) is 9.59 Å². The second-order valence-electron chi connectivity index (χ2n) is 4.65. The molecule has 0 unspecified atom stereocenters. The third-order valence-corrected chi connectivity index (χ3v) is 2.64. The van der Waals surface area contributed by atoms with Gasteiger partial charge in [0, 0.05) is 5.56 Å². The molecule has 0 atom stereocenters. The fraction of sp³-hybridized carbons (Fsp3) is 0.176. The Kier molecular flexibility index (Phi) is 7.42. The molecule has 6 heteroatoms. The predicted molar refractivity (Wildman–Crippen MR) is 84.6 cm³/mol. The smallest absolute Gasteiger partial charge is 0.317 e. The fourth-order valence-corrected chi connectivity index (χ4v) is 1.62. The summed E-state index contributed by atoms with van der Waals surface area (Å²) >= 11 is 0. The lowest BCUT2D eigenvalue weighted by Crippen LogP contribution is -2.16. The average Bonchev–Trinajstić information content (AvgIpc) is 2.51. The average molecular weight is 319 g/mol. The van der Waals surface area contributed by atoms with Crippen LogP contribution in [-0.4, -0.2) is 31.0 Å². The first-order valence-corrected chi connectivity index (χ1v) is 6.82. The summed E-state index contributed by atoms with van der Waals surface area (Å²) in [7, 11) is 1.59. The summed E-state index contributed by atoms with van der Waals surface area (Å²) in [5.74, 6) is -0.644. The molecule has 0 aliphatic carbocycles. The second-order valence-corrected chi connectivity index (χ2v) is 4.65. The maximum atomic E-state index is 13.5. The summed E-state index contributed by atoms with van der Waals surface area (Å²) in [5.41, 5.74) is 1.33. The van der Waals surface area contributed by atoms with Crippen LogP contribution in [0.2, 0.25) is 0 Å². The van der Waals surface area contributed by atoms with E-state index >= 15 is 0 Å². The van der Waals surface area contributed by atoms with E-state index in [2.05, 4.69) is 5.32 Å². The number of hydrogen-bond donors (Lipinski definition) is 2. The van der Waals surface area contributed by atoms with Crippen LogP contribution in [0.15, 0.2) is 42.5 Å². The van der Waals surface area contributed by atoms with Gasteiger partial charge in [-0.05, 0) is 43.8 Å². The highest BCUT2D eigenvalue weighted by Gasteiger charge is 2.05. The number of likely N-dealkylation sites (N-methyl/N-ethyl adjacent to an activating group) is 1. The van der Waals surface area contributed by atoms with Crippen molar-refractivity contribution in [3.8, 4) is 11.5 Å². The Morgan fingerprint density at radius 2 is 2.04 bits per heavy atom. The number of carboxylic acids is 1. The van der Waals surface area contributed by atoms with E-state index in [1.54, 1.807) is 50.4 Å². The molecule has 122 valence electrons. The van der Waals surface area contributed by atoms with Gasteiger partial charge >= 0.3 is 5.97 Å². The number of aryl methyl sites for hydroxylation is 1. The number of aldehydes is 1. The number of benzene rings is 2. The largest absolute Gasteiger partial charge is 0.480 e. The molecule has 5 nitrogen and oxygen atoms in total. The van der Waals surface area contributed by atoms with Gasteiger partial charge in [0.05, 0.1) is 6.54 Å². The first-order chi connectivity index (χ1) is 11.0. The van der Waals surface area contributed by atoms with E-state index < -0.39 is 11.8 Å². The molecular weight excluding hydrogens is 301 g/mol. The topological polar surface area (TPSA) is 75.6 Å². The van der Waals surface area contributed by atoms with Crippen LogP contribution < -0.4 is 10.1 Å². The van der Waals surface area contributed by atoms with Crippen molar-refractivity contribution in [2.75, 3.05) is 13.6 Å². The van der Waals surface area contributed by atoms with Crippen LogP contribution >= 0.6 is 0 Å². The van der Waals surface area contributed by atoms with Crippen molar-refractivity contribution in [3.05, 3.63) is 59.4 Å². The number of ether oxygens (including phenoxy) is 1. The fourth-order valence-electron chi connectivity index (χ4n) is 1.62. The lowest BCUT2D eigenvalue weighted by Gasteiger charge is -2.07. The van der Waals surface area contributed by atoms with Crippen molar-refractivity contribution in [1.82, 2.24) is 5.32 Å². The van der Waals surface area contributed by atoms with Crippen molar-refractivity contribution >= 4 is 12.3 Å². The van der Waals surface area contributed by atoms with Crippen LogP contribution in [0.4, 0.5) is 4.39 Å². The van der Waals surface area contributed by atoms with Crippen LogP contribution in [0.1, 0.15) is 15.9 Å². The van der Waals surface area contributed by atoms with E-state index in [0.29, 0.717) is 11.3 Å². The van der Waals surface area contributed by atoms with Crippen molar-refractivity contribution in [2.24, 2.45) is 0 Å². The van der Waals surface area contributed by atoms with Gasteiger partial charge in [0.15, 0.2) is 11.6 Å². The summed E-state index contributed by atoms with van der Waals surface area (Å²) in [5, 5.41) is 10.3. The highest BCUT2D eigenvalue weighted by molar-refractivity contribution is 5.75. The summed E-state index contributed by atoms with van der Waals surface area (Å²) in [6.07, 6.45) is 0.721. The first kappa shape index (κ1) is 18.3. The zero-order chi connectivity index (χ0) is 17.2. The highest BCUT2D eigenvalue weighted by atomic mass is 19.1. The lowest BCUT2D eigenvalue weighted by atomic mass is 10.2. The standard InChI is InChI=1S/C14H11FO2.C3H7NO2/c1-10-5-6-14(13(15)7-10)17-12-4-2-3-11(8-12)9-16;1-4-2-3(5)6/h2-9H,1H3;4H,2H2,1H3,(H,5,6). The maximum absolute atomic E-state index is 13.5. The number of rotatable bonds is 5. The van der Waals surface area contributed by atoms with Gasteiger partial charge < -0.3 is 15.2 Å². The minimum Gasteiger partial charge on any atom is -0.480 e. The molecule has 2 N–H and O–H groups in total. The molecule has 2 rings (SSSR count). The molecule has 0 bridgehead atoms. The molecule has 2 aromatic carbocycles. The van der Waals surface area contributed by atoms with Crippen LogP contribution in [0, 0.1) is 12.7 Å². The second kappa shape index (κ2) is 9.32. The molecule has 0 saturated heterocycles. The van der Waals surface area contributed by atoms with E-state index in [0.717, 1.165) is 11.8 Å². The van der Waals surface area contributed by atoms with E-state index in [-0.39, 0.29) is 12.3 Å². The first-order valence-electron chi connectivity index (χ1n) is 6.82. The van der Waals surface area contributed by atoms with Crippen LogP contribution in [-0.2, 0) is 4.79 Å². The summed E-state index contributed by atoms with van der Waals surface area (Å²) in [6, 6.07) is 11.3. The third-order valence-electron chi connectivity index (χ3n) is 2.64. The van der Waals surface area contributed by atoms with Crippen molar-refractivity contribution in [3.63, 3.8) is 0 Å². The zero-order valence-electron chi connectivity index (χ0n) is 12.9. The summed E-state index contributed by atoms with van der Waals surface area (Å²) in [4.78, 5) is 20.1. The SMILES string of the molecule is CNCC(=O)O.Cc1ccc(Oc2cccc(C=O)c2)c(F)c1. The van der Waals surface area contributed by atoms with Crippen molar-refractivity contribution < 1.29 is 23.8 Å². The normalized spacial score (nSPS) is 9.52. The van der Waals surface area contributed by atoms with Gasteiger partial charge in [-0.1, -0.05) is 18.2 Å². The van der Waals surface area contributed by atoms with Gasteiger partial charge in [-0.25, -0.2) is 4.39 Å². The molecule has 0 radical (unpaired) electrons. The minimum atomic E-state index is -0.822. The van der Waals surface area contributed by atoms with E-state index in [1.165, 1.54) is 6.07 Å². The number of carbonyl (C=O) groups is 2. The molecule has 0 amide bonds. The van der Waals surface area contributed by atoms with Crippen LogP contribution in [0.5, 0.6) is 11.5 Å². The lowest BCUT2D eigenvalue weighted by molar-refractivity contribution is -0.135. The predicted octanol–water partition coefficient (Wildman–Crippen LogP) is 3.03. The zero-order valence-corrected chi connectivity index (χ0v) is 12.9. The Bertz CT molecular complexity index is 673. The summed E-state index contributed by atoms with van der Waals surface area (Å²) in [6.45, 7) is 1.85. The number of carbonyl (C=O) groups excluding carboxylic acids is 1. The van der Waals surface area contributed by atoms with E-state index in [9.17, 15) is 14.0 Å². The number of carboxylic acid groups (broad SMARTS) is 1. The molecule has 0 spiro atoms. The Morgan fingerprint density at radius 3 is 2.57 bits per heavy atom. The Labute approximate surface area is 133 Å². The molecule has 0 saturated carbocycles. The molecule has 0 heterocycles. The Morgan fingerprint density at radius 1 is 1.30 bits per heavy atom. The van der Waals surface area contributed by atoms with E-state index in [1.807, 2.05) is 0 Å². The quantitative estimate of drug-likeness (QED) is 0.829. The molecule has 0 fully saturated rings. The van der Waals surface area contributed by atoms with Crippen molar-refractivity contribution in [2.45, 2.75) is 6.92 Å². The van der Waals surface area contributed by atoms with Gasteiger partial charge in [-0.2, -0.15) is 0 Å². The molecule has 0 aliphatic rings.